The normalized spacial score (nSPS) is 10.5. The van der Waals surface area contributed by atoms with Gasteiger partial charge in [-0.25, -0.2) is 9.59 Å². The quantitative estimate of drug-likeness (QED) is 0.476. The first kappa shape index (κ1) is 16.5. The van der Waals surface area contributed by atoms with E-state index in [0.29, 0.717) is 25.8 Å². The zero-order valence-electron chi connectivity index (χ0n) is 12.3. The Bertz CT molecular complexity index is 896. The van der Waals surface area contributed by atoms with Crippen LogP contribution in [0.1, 0.15) is 20.7 Å². The number of fused-ring (bicyclic) bond motifs is 1. The summed E-state index contributed by atoms with van der Waals surface area (Å²) in [6.45, 7) is -0.0551. The summed E-state index contributed by atoms with van der Waals surface area (Å²) in [5.41, 5.74) is 1.47. The number of esters is 2. The van der Waals surface area contributed by atoms with E-state index in [-0.39, 0.29) is 13.2 Å². The van der Waals surface area contributed by atoms with Gasteiger partial charge in [-0.3, -0.25) is 0 Å². The van der Waals surface area contributed by atoms with Crippen LogP contribution in [-0.4, -0.2) is 34.7 Å². The van der Waals surface area contributed by atoms with Gasteiger partial charge >= 0.3 is 11.9 Å². The molecule has 0 fully saturated rings. The standard InChI is InChI=1S/C16H11BrN2O4S/c17-12-6-2-1-4-10(12)15(20)22-8-9-23-16(21)11-5-3-7-13-14(11)24-19-18-13/h1-7H,8-9H2. The summed E-state index contributed by atoms with van der Waals surface area (Å²) in [4.78, 5) is 24.0. The van der Waals surface area contributed by atoms with Gasteiger partial charge in [0.05, 0.1) is 15.8 Å². The summed E-state index contributed by atoms with van der Waals surface area (Å²) in [7, 11) is 0. The molecule has 0 saturated heterocycles. The first-order valence-electron chi connectivity index (χ1n) is 6.96. The predicted octanol–water partition coefficient (Wildman–Crippen LogP) is 3.47. The van der Waals surface area contributed by atoms with E-state index in [4.69, 9.17) is 9.47 Å². The van der Waals surface area contributed by atoms with Crippen LogP contribution >= 0.6 is 27.5 Å². The molecular weight excluding hydrogens is 396 g/mol. The van der Waals surface area contributed by atoms with E-state index in [1.165, 1.54) is 0 Å². The molecule has 24 heavy (non-hydrogen) atoms. The van der Waals surface area contributed by atoms with Crippen molar-refractivity contribution in [3.63, 3.8) is 0 Å². The fraction of sp³-hybridized carbons (Fsp3) is 0.125. The summed E-state index contributed by atoms with van der Waals surface area (Å²) in [6, 6.07) is 12.1. The first-order chi connectivity index (χ1) is 11.7. The Kier molecular flexibility index (Phi) is 5.17. The van der Waals surface area contributed by atoms with E-state index in [9.17, 15) is 9.59 Å². The van der Waals surface area contributed by atoms with Gasteiger partial charge in [0.15, 0.2) is 0 Å². The van der Waals surface area contributed by atoms with Crippen molar-refractivity contribution in [1.29, 1.82) is 0 Å². The minimum Gasteiger partial charge on any atom is -0.458 e. The summed E-state index contributed by atoms with van der Waals surface area (Å²) in [5, 5.41) is 3.91. The maximum atomic E-state index is 12.1. The second-order valence-corrected chi connectivity index (χ2v) is 6.29. The van der Waals surface area contributed by atoms with Gasteiger partial charge in [-0.05, 0) is 51.7 Å². The highest BCUT2D eigenvalue weighted by atomic mass is 79.9. The highest BCUT2D eigenvalue weighted by molar-refractivity contribution is 9.10. The molecule has 0 aliphatic heterocycles. The lowest BCUT2D eigenvalue weighted by Crippen LogP contribution is -2.14. The Hall–Kier alpha value is -2.32. The van der Waals surface area contributed by atoms with Crippen molar-refractivity contribution in [2.75, 3.05) is 13.2 Å². The molecule has 122 valence electrons. The largest absolute Gasteiger partial charge is 0.458 e. The Labute approximate surface area is 149 Å². The predicted molar refractivity (Wildman–Crippen MR) is 92.1 cm³/mol. The van der Waals surface area contributed by atoms with Crippen LogP contribution in [0.25, 0.3) is 10.2 Å². The highest BCUT2D eigenvalue weighted by Gasteiger charge is 2.15. The fourth-order valence-corrected chi connectivity index (χ4v) is 3.13. The third-order valence-electron chi connectivity index (χ3n) is 3.14. The van der Waals surface area contributed by atoms with Crippen LogP contribution < -0.4 is 0 Å². The lowest BCUT2D eigenvalue weighted by Gasteiger charge is -2.07. The zero-order valence-corrected chi connectivity index (χ0v) is 14.7. The molecule has 0 aliphatic rings. The van der Waals surface area contributed by atoms with Crippen molar-refractivity contribution in [1.82, 2.24) is 9.59 Å². The van der Waals surface area contributed by atoms with Gasteiger partial charge < -0.3 is 9.47 Å². The topological polar surface area (TPSA) is 78.4 Å². The molecule has 0 spiro atoms. The van der Waals surface area contributed by atoms with E-state index < -0.39 is 11.9 Å². The number of rotatable bonds is 5. The van der Waals surface area contributed by atoms with E-state index >= 15 is 0 Å². The number of aromatic nitrogens is 2. The number of benzene rings is 2. The van der Waals surface area contributed by atoms with Crippen molar-refractivity contribution >= 4 is 49.6 Å². The molecule has 6 nitrogen and oxygen atoms in total. The Morgan fingerprint density at radius 1 is 0.958 bits per heavy atom. The van der Waals surface area contributed by atoms with Gasteiger partial charge in [0, 0.05) is 4.47 Å². The maximum Gasteiger partial charge on any atom is 0.339 e. The third kappa shape index (κ3) is 3.60. The molecule has 0 unspecified atom stereocenters. The van der Waals surface area contributed by atoms with Crippen molar-refractivity contribution < 1.29 is 19.1 Å². The highest BCUT2D eigenvalue weighted by Crippen LogP contribution is 2.21. The number of carbonyl (C=O) groups excluding carboxylic acids is 2. The number of carbonyl (C=O) groups is 2. The molecule has 0 aliphatic carbocycles. The summed E-state index contributed by atoms with van der Waals surface area (Å²) in [5.74, 6) is -0.976. The number of halogens is 1. The van der Waals surface area contributed by atoms with Crippen LogP contribution in [0.2, 0.25) is 0 Å². The molecule has 8 heteroatoms. The molecule has 1 heterocycles. The van der Waals surface area contributed by atoms with Crippen molar-refractivity contribution in [3.05, 3.63) is 58.1 Å². The second-order valence-electron chi connectivity index (χ2n) is 4.68. The van der Waals surface area contributed by atoms with Crippen LogP contribution in [0.3, 0.4) is 0 Å². The second kappa shape index (κ2) is 7.50. The average molecular weight is 407 g/mol. The number of nitrogens with zero attached hydrogens (tertiary/aromatic N) is 2. The van der Waals surface area contributed by atoms with Gasteiger partial charge in [0.25, 0.3) is 0 Å². The molecule has 0 radical (unpaired) electrons. The molecule has 0 saturated carbocycles. The molecule has 3 rings (SSSR count). The number of hydrogen-bond acceptors (Lipinski definition) is 7. The average Bonchev–Trinajstić information content (AvgIpc) is 3.07. The van der Waals surface area contributed by atoms with Gasteiger partial charge in [-0.15, -0.1) is 5.10 Å². The van der Waals surface area contributed by atoms with Crippen molar-refractivity contribution in [3.8, 4) is 0 Å². The van der Waals surface area contributed by atoms with Gasteiger partial charge in [0.2, 0.25) is 0 Å². The van der Waals surface area contributed by atoms with Crippen molar-refractivity contribution in [2.45, 2.75) is 0 Å². The van der Waals surface area contributed by atoms with Crippen LogP contribution in [0.5, 0.6) is 0 Å². The summed E-state index contributed by atoms with van der Waals surface area (Å²) >= 11 is 4.41. The molecule has 0 bridgehead atoms. The molecule has 0 N–H and O–H groups in total. The maximum absolute atomic E-state index is 12.1. The minimum absolute atomic E-state index is 0.0250. The number of ether oxygens (including phenoxy) is 2. The Morgan fingerprint density at radius 2 is 1.62 bits per heavy atom. The summed E-state index contributed by atoms with van der Waals surface area (Å²) < 4.78 is 15.4. The fourth-order valence-electron chi connectivity index (χ4n) is 2.02. The van der Waals surface area contributed by atoms with E-state index in [2.05, 4.69) is 25.5 Å². The van der Waals surface area contributed by atoms with E-state index in [1.54, 1.807) is 42.5 Å². The van der Waals surface area contributed by atoms with Crippen LogP contribution in [-0.2, 0) is 9.47 Å². The third-order valence-corrected chi connectivity index (χ3v) is 4.60. The lowest BCUT2D eigenvalue weighted by molar-refractivity contribution is 0.0266. The van der Waals surface area contributed by atoms with Gasteiger partial charge in [0.1, 0.15) is 18.7 Å². The number of hydrogen-bond donors (Lipinski definition) is 0. The van der Waals surface area contributed by atoms with Crippen LogP contribution in [0.15, 0.2) is 46.9 Å². The molecule has 2 aromatic carbocycles. The smallest absolute Gasteiger partial charge is 0.339 e. The SMILES string of the molecule is O=C(OCCOC(=O)c1cccc2nnsc12)c1ccccc1Br. The molecular formula is C16H11BrN2O4S. The minimum atomic E-state index is -0.497. The first-order valence-corrected chi connectivity index (χ1v) is 8.53. The van der Waals surface area contributed by atoms with Crippen molar-refractivity contribution in [2.24, 2.45) is 0 Å². The lowest BCUT2D eigenvalue weighted by atomic mass is 10.2. The molecule has 1 aromatic heterocycles. The Balaban J connectivity index is 1.53. The van der Waals surface area contributed by atoms with Gasteiger partial charge in [-0.1, -0.05) is 22.7 Å². The summed E-state index contributed by atoms with van der Waals surface area (Å²) in [6.07, 6.45) is 0. The monoisotopic (exact) mass is 406 g/mol. The molecule has 3 aromatic rings. The van der Waals surface area contributed by atoms with Crippen LogP contribution in [0, 0.1) is 0 Å². The molecule has 0 atom stereocenters. The van der Waals surface area contributed by atoms with Gasteiger partial charge in [-0.2, -0.15) is 0 Å². The molecule has 0 amide bonds. The van der Waals surface area contributed by atoms with E-state index in [1.807, 2.05) is 0 Å². The Morgan fingerprint density at radius 3 is 2.38 bits per heavy atom. The zero-order chi connectivity index (χ0) is 16.9. The van der Waals surface area contributed by atoms with E-state index in [0.717, 1.165) is 11.5 Å². The van der Waals surface area contributed by atoms with Crippen LogP contribution in [0.4, 0.5) is 0 Å².